The molecule has 2 N–H and O–H groups in total. The molecule has 0 atom stereocenters. The van der Waals surface area contributed by atoms with Gasteiger partial charge < -0.3 is 19.8 Å². The van der Waals surface area contributed by atoms with Crippen LogP contribution in [0.2, 0.25) is 0 Å². The van der Waals surface area contributed by atoms with Gasteiger partial charge in [0.05, 0.1) is 18.8 Å². The first-order chi connectivity index (χ1) is 8.84. The van der Waals surface area contributed by atoms with Gasteiger partial charge in [-0.15, -0.1) is 0 Å². The van der Waals surface area contributed by atoms with Crippen LogP contribution in [0.1, 0.15) is 13.3 Å². The van der Waals surface area contributed by atoms with Crippen LogP contribution in [-0.4, -0.2) is 60.9 Å². The second-order valence-corrected chi connectivity index (χ2v) is 4.30. The van der Waals surface area contributed by atoms with Crippen molar-refractivity contribution in [3.63, 3.8) is 0 Å². The molecule has 0 rings (SSSR count). The van der Waals surface area contributed by atoms with Crippen molar-refractivity contribution in [1.29, 1.82) is 0 Å². The Morgan fingerprint density at radius 1 is 1.16 bits per heavy atom. The van der Waals surface area contributed by atoms with Crippen LogP contribution < -0.4 is 0 Å². The number of hydrogen-bond acceptors (Lipinski definition) is 4. The number of rotatable bonds is 9. The van der Waals surface area contributed by atoms with Crippen molar-refractivity contribution in [2.45, 2.75) is 13.3 Å². The minimum Gasteiger partial charge on any atom is -0.478 e. The maximum Gasteiger partial charge on any atom is 0.335 e. The van der Waals surface area contributed by atoms with E-state index in [1.54, 1.807) is 0 Å². The maximum atomic E-state index is 10.9. The molecule has 0 heterocycles. The summed E-state index contributed by atoms with van der Waals surface area (Å²) in [7, 11) is 3.87. The number of hydrogen-bond donors (Lipinski definition) is 2. The van der Waals surface area contributed by atoms with E-state index < -0.39 is 11.9 Å². The zero-order valence-electron chi connectivity index (χ0n) is 11.5. The smallest absolute Gasteiger partial charge is 0.335 e. The third kappa shape index (κ3) is 8.98. The standard InChI is InChI=1S/C13H21NO5/c1-10(12(15)16)9-11(13(17)18)5-4-7-19-8-6-14(2)3/h5,9H,4,6-8H2,1-3H3,(H,15,16)(H,17,18). The second kappa shape index (κ2) is 9.29. The van der Waals surface area contributed by atoms with Crippen LogP contribution in [0.5, 0.6) is 0 Å². The molecule has 0 fully saturated rings. The lowest BCUT2D eigenvalue weighted by atomic mass is 10.1. The minimum atomic E-state index is -1.14. The van der Waals surface area contributed by atoms with E-state index in [-0.39, 0.29) is 11.1 Å². The Kier molecular flexibility index (Phi) is 8.48. The SMILES string of the molecule is CC(=CC(=CCCOCCN(C)C)C(=O)O)C(=O)O. The van der Waals surface area contributed by atoms with Crippen molar-refractivity contribution in [1.82, 2.24) is 4.90 Å². The van der Waals surface area contributed by atoms with Gasteiger partial charge >= 0.3 is 11.9 Å². The van der Waals surface area contributed by atoms with Crippen LogP contribution in [0.3, 0.4) is 0 Å². The average molecular weight is 271 g/mol. The highest BCUT2D eigenvalue weighted by atomic mass is 16.5. The topological polar surface area (TPSA) is 87.1 Å². The third-order valence-corrected chi connectivity index (χ3v) is 2.27. The van der Waals surface area contributed by atoms with Crippen LogP contribution in [-0.2, 0) is 14.3 Å². The van der Waals surface area contributed by atoms with Crippen molar-refractivity contribution in [2.75, 3.05) is 33.9 Å². The molecular formula is C13H21NO5. The van der Waals surface area contributed by atoms with E-state index in [0.29, 0.717) is 19.6 Å². The first-order valence-electron chi connectivity index (χ1n) is 5.92. The Morgan fingerprint density at radius 2 is 1.79 bits per heavy atom. The third-order valence-electron chi connectivity index (χ3n) is 2.27. The normalized spacial score (nSPS) is 12.8. The molecular weight excluding hydrogens is 250 g/mol. The molecule has 0 aliphatic heterocycles. The maximum absolute atomic E-state index is 10.9. The number of aliphatic carboxylic acids is 2. The fourth-order valence-electron chi connectivity index (χ4n) is 1.15. The minimum absolute atomic E-state index is 0.0119. The molecule has 0 radical (unpaired) electrons. The highest BCUT2D eigenvalue weighted by Gasteiger charge is 2.07. The molecule has 0 bridgehead atoms. The van der Waals surface area contributed by atoms with Crippen LogP contribution in [0, 0.1) is 0 Å². The average Bonchev–Trinajstić information content (AvgIpc) is 2.30. The van der Waals surface area contributed by atoms with E-state index in [4.69, 9.17) is 14.9 Å². The molecule has 0 amide bonds. The van der Waals surface area contributed by atoms with Crippen LogP contribution >= 0.6 is 0 Å². The first kappa shape index (κ1) is 17.3. The molecule has 0 saturated heterocycles. The summed E-state index contributed by atoms with van der Waals surface area (Å²) in [6.07, 6.45) is 3.04. The van der Waals surface area contributed by atoms with Gasteiger partial charge in [-0.25, -0.2) is 9.59 Å². The molecule has 0 aliphatic rings. The van der Waals surface area contributed by atoms with Gasteiger partial charge in [-0.3, -0.25) is 0 Å². The number of likely N-dealkylation sites (N-methyl/N-ethyl adjacent to an activating group) is 1. The molecule has 0 spiro atoms. The second-order valence-electron chi connectivity index (χ2n) is 4.30. The molecule has 0 aromatic carbocycles. The lowest BCUT2D eigenvalue weighted by molar-refractivity contribution is -0.132. The van der Waals surface area contributed by atoms with Crippen LogP contribution in [0.25, 0.3) is 0 Å². The Hall–Kier alpha value is -1.66. The quantitative estimate of drug-likeness (QED) is 0.369. The van der Waals surface area contributed by atoms with E-state index in [2.05, 4.69) is 0 Å². The Morgan fingerprint density at radius 3 is 2.26 bits per heavy atom. The van der Waals surface area contributed by atoms with Crippen molar-refractivity contribution >= 4 is 11.9 Å². The molecule has 6 nitrogen and oxygen atoms in total. The Bertz CT molecular complexity index is 371. The van der Waals surface area contributed by atoms with Gasteiger partial charge in [-0.1, -0.05) is 6.08 Å². The van der Waals surface area contributed by atoms with E-state index >= 15 is 0 Å². The van der Waals surface area contributed by atoms with Crippen LogP contribution in [0.15, 0.2) is 23.3 Å². The Balaban J connectivity index is 4.26. The zero-order valence-corrected chi connectivity index (χ0v) is 11.5. The summed E-state index contributed by atoms with van der Waals surface area (Å²) in [5, 5.41) is 17.6. The summed E-state index contributed by atoms with van der Waals surface area (Å²) < 4.78 is 5.31. The number of ether oxygens (including phenoxy) is 1. The summed E-state index contributed by atoms with van der Waals surface area (Å²) in [4.78, 5) is 23.5. The predicted octanol–water partition coefficient (Wildman–Crippen LogP) is 0.997. The van der Waals surface area contributed by atoms with Gasteiger partial charge in [-0.2, -0.15) is 0 Å². The molecule has 0 unspecified atom stereocenters. The highest BCUT2D eigenvalue weighted by molar-refractivity contribution is 5.94. The summed E-state index contributed by atoms with van der Waals surface area (Å²) in [5.41, 5.74) is -0.0433. The van der Waals surface area contributed by atoms with Crippen molar-refractivity contribution < 1.29 is 24.5 Å². The van der Waals surface area contributed by atoms with E-state index in [1.165, 1.54) is 13.0 Å². The highest BCUT2D eigenvalue weighted by Crippen LogP contribution is 2.05. The van der Waals surface area contributed by atoms with E-state index in [0.717, 1.165) is 12.6 Å². The van der Waals surface area contributed by atoms with Gasteiger partial charge in [0.25, 0.3) is 0 Å². The van der Waals surface area contributed by atoms with Gasteiger partial charge in [0.1, 0.15) is 0 Å². The molecule has 19 heavy (non-hydrogen) atoms. The fourth-order valence-corrected chi connectivity index (χ4v) is 1.15. The number of nitrogens with zero attached hydrogens (tertiary/aromatic N) is 1. The molecule has 0 aliphatic carbocycles. The zero-order chi connectivity index (χ0) is 14.8. The summed E-state index contributed by atoms with van der Waals surface area (Å²) in [5.74, 6) is -2.27. The molecule has 6 heteroatoms. The first-order valence-corrected chi connectivity index (χ1v) is 5.92. The van der Waals surface area contributed by atoms with Gasteiger partial charge in [-0.05, 0) is 33.5 Å². The van der Waals surface area contributed by atoms with E-state index in [1.807, 2.05) is 19.0 Å². The predicted molar refractivity (Wildman–Crippen MR) is 71.1 cm³/mol. The molecule has 108 valence electrons. The Labute approximate surface area is 113 Å². The van der Waals surface area contributed by atoms with Gasteiger partial charge in [0.2, 0.25) is 0 Å². The van der Waals surface area contributed by atoms with Gasteiger partial charge in [0, 0.05) is 12.1 Å². The number of carboxylic acids is 2. The lowest BCUT2D eigenvalue weighted by Gasteiger charge is -2.08. The van der Waals surface area contributed by atoms with Crippen molar-refractivity contribution in [3.05, 3.63) is 23.3 Å². The van der Waals surface area contributed by atoms with Crippen molar-refractivity contribution in [2.24, 2.45) is 0 Å². The summed E-state index contributed by atoms with van der Waals surface area (Å²) in [6.45, 7) is 3.14. The number of carboxylic acid groups (broad SMARTS) is 2. The van der Waals surface area contributed by atoms with Crippen LogP contribution in [0.4, 0.5) is 0 Å². The monoisotopic (exact) mass is 271 g/mol. The largest absolute Gasteiger partial charge is 0.478 e. The van der Waals surface area contributed by atoms with Crippen molar-refractivity contribution in [3.8, 4) is 0 Å². The van der Waals surface area contributed by atoms with E-state index in [9.17, 15) is 9.59 Å². The fraction of sp³-hybridized carbons (Fsp3) is 0.538. The molecule has 0 saturated carbocycles. The van der Waals surface area contributed by atoms with Gasteiger partial charge in [0.15, 0.2) is 0 Å². The lowest BCUT2D eigenvalue weighted by Crippen LogP contribution is -2.18. The summed E-state index contributed by atoms with van der Waals surface area (Å²) in [6, 6.07) is 0. The molecule has 0 aromatic heterocycles. The summed E-state index contributed by atoms with van der Waals surface area (Å²) >= 11 is 0. The number of carbonyl (C=O) groups is 2. The molecule has 0 aromatic rings.